The number of nitriles is 1. The third kappa shape index (κ3) is 3.11. The van der Waals surface area contributed by atoms with E-state index < -0.39 is 0 Å². The molecule has 0 amide bonds. The quantitative estimate of drug-likeness (QED) is 0.869. The highest BCUT2D eigenvalue weighted by Crippen LogP contribution is 2.21. The molecule has 1 fully saturated rings. The Morgan fingerprint density at radius 1 is 1.39 bits per heavy atom. The van der Waals surface area contributed by atoms with E-state index in [1.54, 1.807) is 12.3 Å². The highest BCUT2D eigenvalue weighted by Gasteiger charge is 2.11. The molecular weight excluding hydrogens is 228 g/mol. The molecule has 1 saturated heterocycles. The monoisotopic (exact) mass is 246 g/mol. The molecule has 1 aliphatic heterocycles. The number of nitrogens with zero attached hydrogens (tertiary/aromatic N) is 3. The van der Waals surface area contributed by atoms with Gasteiger partial charge >= 0.3 is 0 Å². The van der Waals surface area contributed by atoms with Gasteiger partial charge in [0, 0.05) is 12.7 Å². The minimum atomic E-state index is 0.332. The van der Waals surface area contributed by atoms with Crippen molar-refractivity contribution in [1.82, 2.24) is 9.88 Å². The summed E-state index contributed by atoms with van der Waals surface area (Å²) in [6.45, 7) is 3.74. The summed E-state index contributed by atoms with van der Waals surface area (Å²) >= 11 is 0. The SMILES string of the molecule is N#Cc1ccnc(OCCN2CCCCC2)c1N. The van der Waals surface area contributed by atoms with E-state index in [-0.39, 0.29) is 0 Å². The maximum Gasteiger partial charge on any atom is 0.238 e. The van der Waals surface area contributed by atoms with Crippen LogP contribution in [0, 0.1) is 11.3 Å². The van der Waals surface area contributed by atoms with Gasteiger partial charge in [-0.2, -0.15) is 5.26 Å². The Morgan fingerprint density at radius 3 is 2.89 bits per heavy atom. The van der Waals surface area contributed by atoms with Crippen LogP contribution < -0.4 is 10.5 Å². The van der Waals surface area contributed by atoms with Crippen LogP contribution in [0.5, 0.6) is 5.88 Å². The van der Waals surface area contributed by atoms with Crippen molar-refractivity contribution in [2.24, 2.45) is 0 Å². The number of nitrogens with two attached hydrogens (primary N) is 1. The van der Waals surface area contributed by atoms with Crippen molar-refractivity contribution in [3.05, 3.63) is 17.8 Å². The van der Waals surface area contributed by atoms with Crippen molar-refractivity contribution in [2.75, 3.05) is 32.0 Å². The number of piperidine rings is 1. The van der Waals surface area contributed by atoms with E-state index in [1.807, 2.05) is 6.07 Å². The molecule has 2 N–H and O–H groups in total. The first kappa shape index (κ1) is 12.7. The van der Waals surface area contributed by atoms with Gasteiger partial charge in [0.15, 0.2) is 0 Å². The van der Waals surface area contributed by atoms with Gasteiger partial charge in [0.2, 0.25) is 5.88 Å². The summed E-state index contributed by atoms with van der Waals surface area (Å²) in [6, 6.07) is 3.61. The summed E-state index contributed by atoms with van der Waals surface area (Å²) < 4.78 is 5.55. The van der Waals surface area contributed by atoms with Crippen LogP contribution in [0.3, 0.4) is 0 Å². The molecule has 1 aliphatic rings. The standard InChI is InChI=1S/C13H18N4O/c14-10-11-4-5-16-13(12(11)15)18-9-8-17-6-2-1-3-7-17/h4-5H,1-3,6-9,15H2. The summed E-state index contributed by atoms with van der Waals surface area (Å²) in [7, 11) is 0. The molecule has 5 nitrogen and oxygen atoms in total. The number of nitrogen functional groups attached to an aromatic ring is 1. The Kier molecular flexibility index (Phi) is 4.37. The molecule has 1 aromatic rings. The number of rotatable bonds is 4. The zero-order valence-electron chi connectivity index (χ0n) is 10.4. The van der Waals surface area contributed by atoms with Crippen LogP contribution >= 0.6 is 0 Å². The van der Waals surface area contributed by atoms with Crippen LogP contribution in [0.2, 0.25) is 0 Å². The molecule has 18 heavy (non-hydrogen) atoms. The Morgan fingerprint density at radius 2 is 2.17 bits per heavy atom. The Balaban J connectivity index is 1.84. The molecule has 0 radical (unpaired) electrons. The van der Waals surface area contributed by atoms with Crippen LogP contribution in [-0.2, 0) is 0 Å². The summed E-state index contributed by atoms with van der Waals surface area (Å²) in [5.74, 6) is 0.367. The fourth-order valence-electron chi connectivity index (χ4n) is 2.12. The van der Waals surface area contributed by atoms with E-state index >= 15 is 0 Å². The second-order valence-corrected chi connectivity index (χ2v) is 4.44. The fraction of sp³-hybridized carbons (Fsp3) is 0.538. The van der Waals surface area contributed by atoms with Crippen molar-refractivity contribution in [3.8, 4) is 11.9 Å². The van der Waals surface area contributed by atoms with Crippen molar-refractivity contribution in [1.29, 1.82) is 5.26 Å². The zero-order chi connectivity index (χ0) is 12.8. The number of likely N-dealkylation sites (tertiary alicyclic amines) is 1. The maximum absolute atomic E-state index is 8.85. The minimum absolute atomic E-state index is 0.332. The van der Waals surface area contributed by atoms with Crippen LogP contribution in [0.4, 0.5) is 5.69 Å². The van der Waals surface area contributed by atoms with E-state index in [2.05, 4.69) is 9.88 Å². The molecule has 0 bridgehead atoms. The largest absolute Gasteiger partial charge is 0.475 e. The smallest absolute Gasteiger partial charge is 0.238 e. The number of anilines is 1. The normalized spacial score (nSPS) is 16.2. The van der Waals surface area contributed by atoms with E-state index in [4.69, 9.17) is 15.7 Å². The molecule has 2 heterocycles. The van der Waals surface area contributed by atoms with Gasteiger partial charge in [-0.15, -0.1) is 0 Å². The molecule has 0 unspecified atom stereocenters. The molecule has 0 saturated carbocycles. The topological polar surface area (TPSA) is 75.2 Å². The van der Waals surface area contributed by atoms with Gasteiger partial charge in [-0.25, -0.2) is 4.98 Å². The van der Waals surface area contributed by atoms with Gasteiger partial charge in [-0.05, 0) is 32.0 Å². The Labute approximate surface area is 107 Å². The molecule has 0 atom stereocenters. The molecule has 1 aromatic heterocycles. The second kappa shape index (κ2) is 6.22. The Bertz CT molecular complexity index is 435. The van der Waals surface area contributed by atoms with Crippen molar-refractivity contribution in [2.45, 2.75) is 19.3 Å². The van der Waals surface area contributed by atoms with Gasteiger partial charge < -0.3 is 10.5 Å². The summed E-state index contributed by atoms with van der Waals surface area (Å²) in [5, 5.41) is 8.85. The summed E-state index contributed by atoms with van der Waals surface area (Å²) in [4.78, 5) is 6.44. The average molecular weight is 246 g/mol. The van der Waals surface area contributed by atoms with E-state index in [0.717, 1.165) is 19.6 Å². The molecule has 0 spiro atoms. The lowest BCUT2D eigenvalue weighted by molar-refractivity contribution is 0.181. The first-order valence-corrected chi connectivity index (χ1v) is 6.31. The Hall–Kier alpha value is -1.80. The number of hydrogen-bond acceptors (Lipinski definition) is 5. The predicted molar refractivity (Wildman–Crippen MR) is 69.2 cm³/mol. The highest BCUT2D eigenvalue weighted by atomic mass is 16.5. The highest BCUT2D eigenvalue weighted by molar-refractivity contribution is 5.59. The van der Waals surface area contributed by atoms with Gasteiger partial charge in [-0.3, -0.25) is 4.90 Å². The van der Waals surface area contributed by atoms with Crippen LogP contribution in [0.25, 0.3) is 0 Å². The van der Waals surface area contributed by atoms with Crippen molar-refractivity contribution < 1.29 is 4.74 Å². The molecule has 0 aromatic carbocycles. The molecular formula is C13H18N4O. The number of hydrogen-bond donors (Lipinski definition) is 1. The summed E-state index contributed by atoms with van der Waals surface area (Å²) in [6.07, 6.45) is 5.41. The van der Waals surface area contributed by atoms with Gasteiger partial charge in [0.25, 0.3) is 0 Å². The van der Waals surface area contributed by atoms with Crippen molar-refractivity contribution >= 4 is 5.69 Å². The molecule has 0 aliphatic carbocycles. The van der Waals surface area contributed by atoms with Crippen molar-refractivity contribution in [3.63, 3.8) is 0 Å². The number of pyridine rings is 1. The lowest BCUT2D eigenvalue weighted by Gasteiger charge is -2.26. The first-order chi connectivity index (χ1) is 8.81. The minimum Gasteiger partial charge on any atom is -0.475 e. The van der Waals surface area contributed by atoms with E-state index in [0.29, 0.717) is 23.7 Å². The molecule has 5 heteroatoms. The van der Waals surface area contributed by atoms with Crippen LogP contribution in [-0.4, -0.2) is 36.1 Å². The van der Waals surface area contributed by atoms with Gasteiger partial charge in [0.05, 0.1) is 5.56 Å². The first-order valence-electron chi connectivity index (χ1n) is 6.31. The fourth-order valence-corrected chi connectivity index (χ4v) is 2.12. The average Bonchev–Trinajstić information content (AvgIpc) is 2.42. The van der Waals surface area contributed by atoms with E-state index in [9.17, 15) is 0 Å². The number of ether oxygens (including phenoxy) is 1. The molecule has 2 rings (SSSR count). The zero-order valence-corrected chi connectivity index (χ0v) is 10.4. The van der Waals surface area contributed by atoms with Crippen LogP contribution in [0.15, 0.2) is 12.3 Å². The lowest BCUT2D eigenvalue weighted by Crippen LogP contribution is -2.33. The number of aromatic nitrogens is 1. The predicted octanol–water partition coefficient (Wildman–Crippen LogP) is 1.40. The third-order valence-electron chi connectivity index (χ3n) is 3.17. The van der Waals surface area contributed by atoms with Crippen LogP contribution in [0.1, 0.15) is 24.8 Å². The lowest BCUT2D eigenvalue weighted by atomic mass is 10.1. The maximum atomic E-state index is 8.85. The van der Waals surface area contributed by atoms with E-state index in [1.165, 1.54) is 19.3 Å². The van der Waals surface area contributed by atoms with Gasteiger partial charge in [-0.1, -0.05) is 6.42 Å². The third-order valence-corrected chi connectivity index (χ3v) is 3.17. The van der Waals surface area contributed by atoms with Gasteiger partial charge in [0.1, 0.15) is 18.4 Å². The second-order valence-electron chi connectivity index (χ2n) is 4.44. The molecule has 96 valence electrons. The summed E-state index contributed by atoms with van der Waals surface area (Å²) in [5.41, 5.74) is 6.54.